The van der Waals surface area contributed by atoms with Crippen molar-refractivity contribution in [3.05, 3.63) is 5.82 Å². The number of hydrogen-bond donors (Lipinski definition) is 1. The molecule has 0 aliphatic heterocycles. The van der Waals surface area contributed by atoms with Gasteiger partial charge in [-0.3, -0.25) is 0 Å². The van der Waals surface area contributed by atoms with Crippen LogP contribution in [0.1, 0.15) is 12.7 Å². The van der Waals surface area contributed by atoms with Crippen LogP contribution in [-0.4, -0.2) is 26.3 Å². The van der Waals surface area contributed by atoms with Crippen molar-refractivity contribution in [3.8, 4) is 0 Å². The molecule has 0 unspecified atom stereocenters. The number of rotatable bonds is 3. The van der Waals surface area contributed by atoms with Crippen LogP contribution < -0.4 is 0 Å². The van der Waals surface area contributed by atoms with E-state index < -0.39 is 0 Å². The maximum Gasteiger partial charge on any atom is 0.170 e. The molecule has 1 rings (SSSR count). The van der Waals surface area contributed by atoms with Crippen LogP contribution in [0.25, 0.3) is 0 Å². The average Bonchev–Trinajstić information content (AvgIpc) is 2.31. The van der Waals surface area contributed by atoms with Crippen LogP contribution in [-0.2, 0) is 0 Å². The van der Waals surface area contributed by atoms with E-state index in [2.05, 4.69) is 9.36 Å². The van der Waals surface area contributed by atoms with Crippen LogP contribution in [0.5, 0.6) is 0 Å². The number of aromatic nitrogens is 2. The zero-order chi connectivity index (χ0) is 8.27. The minimum absolute atomic E-state index is 0.274. The van der Waals surface area contributed by atoms with E-state index in [-0.39, 0.29) is 6.10 Å². The van der Waals surface area contributed by atoms with Gasteiger partial charge in [-0.2, -0.15) is 4.37 Å². The van der Waals surface area contributed by atoms with Gasteiger partial charge in [-0.25, -0.2) is 4.98 Å². The van der Waals surface area contributed by atoms with E-state index in [4.69, 9.17) is 5.11 Å². The molecule has 0 saturated heterocycles. The fourth-order valence-corrected chi connectivity index (χ4v) is 2.06. The van der Waals surface area contributed by atoms with E-state index in [0.717, 1.165) is 10.2 Å². The van der Waals surface area contributed by atoms with Crippen molar-refractivity contribution in [2.24, 2.45) is 0 Å². The summed E-state index contributed by atoms with van der Waals surface area (Å²) in [5, 5.41) is 8.96. The molecule has 0 aliphatic rings. The van der Waals surface area contributed by atoms with Gasteiger partial charge in [0.1, 0.15) is 5.82 Å². The number of aliphatic hydroxyl groups excluding tert-OH is 1. The molecule has 1 aromatic heterocycles. The number of aryl methyl sites for hydroxylation is 1. The quantitative estimate of drug-likeness (QED) is 0.730. The van der Waals surface area contributed by atoms with Gasteiger partial charge in [0.25, 0.3) is 0 Å². The molecule has 0 saturated carbocycles. The molecule has 0 radical (unpaired) electrons. The van der Waals surface area contributed by atoms with E-state index in [9.17, 15) is 0 Å². The van der Waals surface area contributed by atoms with Gasteiger partial charge in [0.15, 0.2) is 4.34 Å². The topological polar surface area (TPSA) is 46.0 Å². The fraction of sp³-hybridized carbons (Fsp3) is 0.667. The number of nitrogens with zero attached hydrogens (tertiary/aromatic N) is 2. The summed E-state index contributed by atoms with van der Waals surface area (Å²) in [6.45, 7) is 3.63. The van der Waals surface area contributed by atoms with Crippen molar-refractivity contribution in [1.29, 1.82) is 0 Å². The van der Waals surface area contributed by atoms with Crippen molar-refractivity contribution in [1.82, 2.24) is 9.36 Å². The minimum atomic E-state index is -0.274. The average molecular weight is 190 g/mol. The first kappa shape index (κ1) is 8.96. The second kappa shape index (κ2) is 4.04. The molecule has 1 aromatic rings. The monoisotopic (exact) mass is 190 g/mol. The Hall–Kier alpha value is -0.130. The Morgan fingerprint density at radius 3 is 2.91 bits per heavy atom. The summed E-state index contributed by atoms with van der Waals surface area (Å²) in [6, 6.07) is 0. The molecular weight excluding hydrogens is 180 g/mol. The largest absolute Gasteiger partial charge is 0.393 e. The highest BCUT2D eigenvalue weighted by Crippen LogP contribution is 2.20. The Kier molecular flexibility index (Phi) is 3.29. The Bertz CT molecular complexity index is 224. The molecule has 0 bridgehead atoms. The predicted octanol–water partition coefficient (Wildman–Crippen LogP) is 1.32. The first-order valence-electron chi connectivity index (χ1n) is 3.29. The van der Waals surface area contributed by atoms with E-state index in [1.54, 1.807) is 18.7 Å². The molecule has 1 N–H and O–H groups in total. The number of aliphatic hydroxyl groups is 1. The Labute approximate surface area is 74.0 Å². The summed E-state index contributed by atoms with van der Waals surface area (Å²) >= 11 is 2.93. The maximum absolute atomic E-state index is 8.96. The Morgan fingerprint density at radius 2 is 2.45 bits per heavy atom. The summed E-state index contributed by atoms with van der Waals surface area (Å²) in [4.78, 5) is 4.14. The van der Waals surface area contributed by atoms with Crippen molar-refractivity contribution >= 4 is 23.3 Å². The fourth-order valence-electron chi connectivity index (χ4n) is 0.529. The third-order valence-electron chi connectivity index (χ3n) is 0.957. The highest BCUT2D eigenvalue weighted by atomic mass is 32.2. The highest BCUT2D eigenvalue weighted by molar-refractivity contribution is 8.00. The maximum atomic E-state index is 8.96. The molecule has 0 spiro atoms. The standard InChI is InChI=1S/C6H10N2OS2/c1-4(9)3-10-6-7-5(2)8-11-6/h4,9H,3H2,1-2H3/t4-/m0/s1. The number of hydrogen-bond acceptors (Lipinski definition) is 5. The van der Waals surface area contributed by atoms with Crippen LogP contribution in [0.3, 0.4) is 0 Å². The van der Waals surface area contributed by atoms with Gasteiger partial charge in [-0.15, -0.1) is 0 Å². The first-order chi connectivity index (χ1) is 5.18. The van der Waals surface area contributed by atoms with Crippen LogP contribution >= 0.6 is 23.3 Å². The molecule has 5 heteroatoms. The van der Waals surface area contributed by atoms with Crippen molar-refractivity contribution in [3.63, 3.8) is 0 Å². The van der Waals surface area contributed by atoms with Gasteiger partial charge < -0.3 is 5.11 Å². The molecule has 11 heavy (non-hydrogen) atoms. The van der Waals surface area contributed by atoms with E-state index in [1.165, 1.54) is 11.5 Å². The molecule has 3 nitrogen and oxygen atoms in total. The van der Waals surface area contributed by atoms with Gasteiger partial charge in [-0.05, 0) is 25.4 Å². The van der Waals surface area contributed by atoms with E-state index in [0.29, 0.717) is 5.75 Å². The van der Waals surface area contributed by atoms with Crippen molar-refractivity contribution in [2.75, 3.05) is 5.75 Å². The summed E-state index contributed by atoms with van der Waals surface area (Å²) in [6.07, 6.45) is -0.274. The zero-order valence-electron chi connectivity index (χ0n) is 6.44. The molecule has 0 fully saturated rings. The lowest BCUT2D eigenvalue weighted by Crippen LogP contribution is -2.01. The summed E-state index contributed by atoms with van der Waals surface area (Å²) < 4.78 is 4.96. The molecule has 0 amide bonds. The van der Waals surface area contributed by atoms with Crippen LogP contribution in [0, 0.1) is 6.92 Å². The van der Waals surface area contributed by atoms with Crippen molar-refractivity contribution in [2.45, 2.75) is 24.3 Å². The molecule has 62 valence electrons. The van der Waals surface area contributed by atoms with E-state index >= 15 is 0 Å². The summed E-state index contributed by atoms with van der Waals surface area (Å²) in [7, 11) is 0. The molecular formula is C6H10N2OS2. The smallest absolute Gasteiger partial charge is 0.170 e. The lowest BCUT2D eigenvalue weighted by atomic mass is 10.5. The third-order valence-corrected chi connectivity index (χ3v) is 3.12. The van der Waals surface area contributed by atoms with Gasteiger partial charge in [0, 0.05) is 5.75 Å². The van der Waals surface area contributed by atoms with Crippen LogP contribution in [0.4, 0.5) is 0 Å². The van der Waals surface area contributed by atoms with E-state index in [1.807, 2.05) is 6.92 Å². The SMILES string of the molecule is Cc1nsc(SC[C@H](C)O)n1. The third kappa shape index (κ3) is 3.18. The van der Waals surface area contributed by atoms with Gasteiger partial charge >= 0.3 is 0 Å². The molecule has 0 aliphatic carbocycles. The summed E-state index contributed by atoms with van der Waals surface area (Å²) in [5.41, 5.74) is 0. The molecule has 1 heterocycles. The second-order valence-corrected chi connectivity index (χ2v) is 4.29. The lowest BCUT2D eigenvalue weighted by molar-refractivity contribution is 0.220. The Balaban J connectivity index is 2.39. The van der Waals surface area contributed by atoms with Gasteiger partial charge in [0.2, 0.25) is 0 Å². The van der Waals surface area contributed by atoms with Crippen molar-refractivity contribution < 1.29 is 5.11 Å². The predicted molar refractivity (Wildman–Crippen MR) is 47.1 cm³/mol. The minimum Gasteiger partial charge on any atom is -0.393 e. The van der Waals surface area contributed by atoms with Crippen LogP contribution in [0.2, 0.25) is 0 Å². The Morgan fingerprint density at radius 1 is 1.73 bits per heavy atom. The van der Waals surface area contributed by atoms with Gasteiger partial charge in [-0.1, -0.05) is 11.8 Å². The number of thioether (sulfide) groups is 1. The highest BCUT2D eigenvalue weighted by Gasteiger charge is 2.02. The second-order valence-electron chi connectivity index (χ2n) is 2.27. The first-order valence-corrected chi connectivity index (χ1v) is 5.05. The van der Waals surface area contributed by atoms with Crippen LogP contribution in [0.15, 0.2) is 4.34 Å². The molecule has 1 atom stereocenters. The molecule has 0 aromatic carbocycles. The normalized spacial score (nSPS) is 13.4. The van der Waals surface area contributed by atoms with Gasteiger partial charge in [0.05, 0.1) is 6.10 Å². The lowest BCUT2D eigenvalue weighted by Gasteiger charge is -1.98. The zero-order valence-corrected chi connectivity index (χ0v) is 8.08. The summed E-state index contributed by atoms with van der Waals surface area (Å²) in [5.74, 6) is 1.50.